The first-order valence-electron chi connectivity index (χ1n) is 11.2. The molecule has 0 spiro atoms. The lowest BCUT2D eigenvalue weighted by Crippen LogP contribution is -2.47. The molecule has 0 radical (unpaired) electrons. The van der Waals surface area contributed by atoms with E-state index < -0.39 is 23.5 Å². The number of benzene rings is 3. The maximum absolute atomic E-state index is 12.9. The van der Waals surface area contributed by atoms with Gasteiger partial charge in [-0.2, -0.15) is 0 Å². The van der Waals surface area contributed by atoms with Crippen molar-refractivity contribution in [3.63, 3.8) is 0 Å². The van der Waals surface area contributed by atoms with Gasteiger partial charge in [-0.3, -0.25) is 14.8 Å². The van der Waals surface area contributed by atoms with E-state index in [0.717, 1.165) is 11.1 Å². The summed E-state index contributed by atoms with van der Waals surface area (Å²) in [5, 5.41) is 24.7. The molecule has 1 fully saturated rings. The highest BCUT2D eigenvalue weighted by Gasteiger charge is 2.47. The summed E-state index contributed by atoms with van der Waals surface area (Å²) in [6.07, 6.45) is -1.66. The molecular weight excluding hydrogens is 432 g/mol. The lowest BCUT2D eigenvalue weighted by atomic mass is 9.84. The van der Waals surface area contributed by atoms with Gasteiger partial charge in [0, 0.05) is 23.1 Å². The third-order valence-corrected chi connectivity index (χ3v) is 6.18. The SMILES string of the molecule is C[C@@]1(CN(O)C(=O)c2ccccc2)CO[C@H](CNC(=O)c2ccccc2-c2ccccc2)[C@H]1O. The summed E-state index contributed by atoms with van der Waals surface area (Å²) in [5.74, 6) is -0.824. The molecule has 1 heterocycles. The Morgan fingerprint density at radius 2 is 1.62 bits per heavy atom. The van der Waals surface area contributed by atoms with Gasteiger partial charge in [-0.05, 0) is 29.3 Å². The van der Waals surface area contributed by atoms with Crippen LogP contribution in [0.1, 0.15) is 27.6 Å². The van der Waals surface area contributed by atoms with E-state index in [1.54, 1.807) is 49.4 Å². The van der Waals surface area contributed by atoms with E-state index in [-0.39, 0.29) is 25.6 Å². The average Bonchev–Trinajstić information content (AvgIpc) is 3.16. The average molecular weight is 461 g/mol. The summed E-state index contributed by atoms with van der Waals surface area (Å²) in [6, 6.07) is 25.4. The lowest BCUT2D eigenvalue weighted by Gasteiger charge is -2.31. The fraction of sp³-hybridized carbons (Fsp3) is 0.259. The molecule has 0 aliphatic carbocycles. The van der Waals surface area contributed by atoms with Crippen molar-refractivity contribution in [2.45, 2.75) is 19.1 Å². The monoisotopic (exact) mass is 460 g/mol. The van der Waals surface area contributed by atoms with Gasteiger partial charge in [0.2, 0.25) is 0 Å². The number of nitrogens with one attached hydrogen (secondary N) is 1. The van der Waals surface area contributed by atoms with Crippen LogP contribution < -0.4 is 5.32 Å². The molecule has 1 aliphatic heterocycles. The van der Waals surface area contributed by atoms with Crippen LogP contribution in [0.4, 0.5) is 0 Å². The molecule has 3 aromatic carbocycles. The summed E-state index contributed by atoms with van der Waals surface area (Å²) in [4.78, 5) is 25.4. The Bertz CT molecular complexity index is 1140. The number of nitrogens with zero attached hydrogens (tertiary/aromatic N) is 1. The van der Waals surface area contributed by atoms with Crippen molar-refractivity contribution in [1.82, 2.24) is 10.4 Å². The molecule has 4 rings (SSSR count). The second-order valence-electron chi connectivity index (χ2n) is 8.80. The molecule has 1 saturated heterocycles. The highest BCUT2D eigenvalue weighted by molar-refractivity contribution is 6.00. The largest absolute Gasteiger partial charge is 0.390 e. The Labute approximate surface area is 198 Å². The second kappa shape index (κ2) is 10.2. The molecule has 3 atom stereocenters. The summed E-state index contributed by atoms with van der Waals surface area (Å²) >= 11 is 0. The van der Waals surface area contributed by atoms with Gasteiger partial charge in [0.15, 0.2) is 0 Å². The van der Waals surface area contributed by atoms with E-state index in [1.165, 1.54) is 0 Å². The Morgan fingerprint density at radius 1 is 1.00 bits per heavy atom. The molecule has 34 heavy (non-hydrogen) atoms. The number of aliphatic hydroxyl groups is 1. The minimum absolute atomic E-state index is 0.0940. The molecule has 0 unspecified atom stereocenters. The highest BCUT2D eigenvalue weighted by atomic mass is 16.5. The predicted molar refractivity (Wildman–Crippen MR) is 127 cm³/mol. The van der Waals surface area contributed by atoms with Gasteiger partial charge in [0.05, 0.1) is 19.3 Å². The van der Waals surface area contributed by atoms with Gasteiger partial charge < -0.3 is 15.2 Å². The zero-order valence-electron chi connectivity index (χ0n) is 18.9. The van der Waals surface area contributed by atoms with Crippen molar-refractivity contribution >= 4 is 11.8 Å². The van der Waals surface area contributed by atoms with E-state index in [4.69, 9.17) is 4.74 Å². The first kappa shape index (κ1) is 23.6. The van der Waals surface area contributed by atoms with Crippen LogP contribution in [0.3, 0.4) is 0 Å². The van der Waals surface area contributed by atoms with Gasteiger partial charge in [-0.1, -0.05) is 73.7 Å². The molecule has 3 aromatic rings. The van der Waals surface area contributed by atoms with E-state index in [9.17, 15) is 19.9 Å². The van der Waals surface area contributed by atoms with Crippen LogP contribution in [0.25, 0.3) is 11.1 Å². The Balaban J connectivity index is 1.38. The van der Waals surface area contributed by atoms with E-state index in [1.807, 2.05) is 42.5 Å². The van der Waals surface area contributed by atoms with Gasteiger partial charge in [0.25, 0.3) is 11.8 Å². The number of ether oxygens (including phenoxy) is 1. The van der Waals surface area contributed by atoms with Crippen LogP contribution in [0.5, 0.6) is 0 Å². The van der Waals surface area contributed by atoms with E-state index >= 15 is 0 Å². The number of hydrogen-bond acceptors (Lipinski definition) is 5. The van der Waals surface area contributed by atoms with Crippen molar-refractivity contribution in [1.29, 1.82) is 0 Å². The van der Waals surface area contributed by atoms with Crippen molar-refractivity contribution in [2.75, 3.05) is 19.7 Å². The quantitative estimate of drug-likeness (QED) is 0.371. The van der Waals surface area contributed by atoms with Crippen LogP contribution in [0, 0.1) is 5.41 Å². The summed E-state index contributed by atoms with van der Waals surface area (Å²) in [6.45, 7) is 1.86. The zero-order chi connectivity index (χ0) is 24.1. The van der Waals surface area contributed by atoms with Gasteiger partial charge in [-0.15, -0.1) is 0 Å². The topological polar surface area (TPSA) is 99.1 Å². The number of aliphatic hydroxyl groups excluding tert-OH is 1. The molecule has 0 bridgehead atoms. The minimum Gasteiger partial charge on any atom is -0.390 e. The predicted octanol–water partition coefficient (Wildman–Crippen LogP) is 3.38. The Morgan fingerprint density at radius 3 is 2.32 bits per heavy atom. The standard InChI is InChI=1S/C27H28N2O5/c1-27(17-29(33)26(32)20-12-6-3-7-13-20)18-34-23(24(27)30)16-28-25(31)22-15-9-8-14-21(22)19-10-4-2-5-11-19/h2-15,23-24,30,33H,16-18H2,1H3,(H,28,31)/t23-,24-,27-/m1/s1. The van der Waals surface area contributed by atoms with Crippen molar-refractivity contribution in [3.05, 3.63) is 96.1 Å². The van der Waals surface area contributed by atoms with Crippen molar-refractivity contribution in [3.8, 4) is 11.1 Å². The molecule has 176 valence electrons. The molecule has 7 heteroatoms. The molecule has 0 aromatic heterocycles. The fourth-order valence-electron chi connectivity index (χ4n) is 4.22. The first-order valence-corrected chi connectivity index (χ1v) is 11.2. The maximum Gasteiger partial charge on any atom is 0.277 e. The van der Waals surface area contributed by atoms with Crippen LogP contribution in [-0.4, -0.2) is 59.1 Å². The summed E-state index contributed by atoms with van der Waals surface area (Å²) in [5.41, 5.74) is 1.73. The number of rotatable bonds is 7. The van der Waals surface area contributed by atoms with Crippen LogP contribution >= 0.6 is 0 Å². The van der Waals surface area contributed by atoms with Gasteiger partial charge >= 0.3 is 0 Å². The van der Waals surface area contributed by atoms with Gasteiger partial charge in [-0.25, -0.2) is 5.06 Å². The molecule has 1 aliphatic rings. The summed E-state index contributed by atoms with van der Waals surface area (Å²) < 4.78 is 5.75. The van der Waals surface area contributed by atoms with Crippen molar-refractivity contribution in [2.24, 2.45) is 5.41 Å². The smallest absolute Gasteiger partial charge is 0.277 e. The number of carbonyl (C=O) groups excluding carboxylic acids is 2. The number of hydroxylamine groups is 2. The van der Waals surface area contributed by atoms with Crippen molar-refractivity contribution < 1.29 is 24.6 Å². The highest BCUT2D eigenvalue weighted by Crippen LogP contribution is 2.34. The fourth-order valence-corrected chi connectivity index (χ4v) is 4.22. The van der Waals surface area contributed by atoms with E-state index in [0.29, 0.717) is 16.2 Å². The number of hydrogen-bond donors (Lipinski definition) is 3. The first-order chi connectivity index (χ1) is 16.4. The summed E-state index contributed by atoms with van der Waals surface area (Å²) in [7, 11) is 0. The Hall–Kier alpha value is -3.52. The minimum atomic E-state index is -0.990. The third kappa shape index (κ3) is 5.02. The van der Waals surface area contributed by atoms with Crippen LogP contribution in [0.15, 0.2) is 84.9 Å². The molecule has 2 amide bonds. The van der Waals surface area contributed by atoms with Gasteiger partial charge in [0.1, 0.15) is 6.10 Å². The molecular formula is C27H28N2O5. The second-order valence-corrected chi connectivity index (χ2v) is 8.80. The number of amides is 2. The zero-order valence-corrected chi connectivity index (χ0v) is 18.9. The van der Waals surface area contributed by atoms with Crippen LogP contribution in [0.2, 0.25) is 0 Å². The lowest BCUT2D eigenvalue weighted by molar-refractivity contribution is -0.0940. The molecule has 3 N–H and O–H groups in total. The van der Waals surface area contributed by atoms with E-state index in [2.05, 4.69) is 5.32 Å². The molecule has 7 nitrogen and oxygen atoms in total. The third-order valence-electron chi connectivity index (χ3n) is 6.18. The Kier molecular flexibility index (Phi) is 7.07. The number of carbonyl (C=O) groups is 2. The normalized spacial score (nSPS) is 21.7. The van der Waals surface area contributed by atoms with Crippen LogP contribution in [-0.2, 0) is 4.74 Å². The maximum atomic E-state index is 12.9. The molecule has 0 saturated carbocycles.